The highest BCUT2D eigenvalue weighted by molar-refractivity contribution is 6.07. The highest BCUT2D eigenvalue weighted by Crippen LogP contribution is 2.34. The van der Waals surface area contributed by atoms with Gasteiger partial charge in [-0.3, -0.25) is 4.98 Å². The van der Waals surface area contributed by atoms with Crippen LogP contribution in [0.2, 0.25) is 0 Å². The largest absolute Gasteiger partial charge is 0.496 e. The fourth-order valence-electron chi connectivity index (χ4n) is 3.20. The van der Waals surface area contributed by atoms with Gasteiger partial charge in [-0.1, -0.05) is 6.07 Å². The van der Waals surface area contributed by atoms with Crippen LogP contribution in [-0.2, 0) is 17.7 Å². The van der Waals surface area contributed by atoms with E-state index in [0.29, 0.717) is 19.6 Å². The Bertz CT molecular complexity index is 910. The van der Waals surface area contributed by atoms with Crippen LogP contribution in [0.4, 0.5) is 0 Å². The molecule has 3 aromatic rings. The Balaban J connectivity index is 2.40. The second-order valence-electron chi connectivity index (χ2n) is 6.92. The molecule has 0 unspecified atom stereocenters. The first-order valence-electron chi connectivity index (χ1n) is 8.39. The first-order chi connectivity index (χ1) is 11.9. The minimum Gasteiger partial charge on any atom is -0.496 e. The Morgan fingerprint density at radius 3 is 2.60 bits per heavy atom. The molecule has 0 amide bonds. The highest BCUT2D eigenvalue weighted by atomic mass is 16.5. The molecule has 0 aliphatic rings. The van der Waals surface area contributed by atoms with Crippen molar-refractivity contribution in [2.45, 2.75) is 39.3 Å². The van der Waals surface area contributed by atoms with E-state index >= 15 is 0 Å². The fourth-order valence-corrected chi connectivity index (χ4v) is 3.20. The first-order valence-corrected chi connectivity index (χ1v) is 8.39. The number of benzene rings is 1. The molecule has 0 spiro atoms. The highest BCUT2D eigenvalue weighted by Gasteiger charge is 2.23. The molecular formula is C19H25N3O3. The summed E-state index contributed by atoms with van der Waals surface area (Å²) < 4.78 is 12.9. The van der Waals surface area contributed by atoms with Gasteiger partial charge in [0.1, 0.15) is 17.1 Å². The maximum absolute atomic E-state index is 10.4. The second-order valence-corrected chi connectivity index (χ2v) is 6.92. The van der Waals surface area contributed by atoms with Crippen LogP contribution in [0.3, 0.4) is 0 Å². The van der Waals surface area contributed by atoms with Crippen molar-refractivity contribution in [2.75, 3.05) is 20.8 Å². The molecular weight excluding hydrogens is 318 g/mol. The molecule has 6 nitrogen and oxygen atoms in total. The van der Waals surface area contributed by atoms with Gasteiger partial charge in [0.15, 0.2) is 0 Å². The number of methoxy groups -OCH3 is 2. The lowest BCUT2D eigenvalue weighted by molar-refractivity contribution is 0.0615. The molecule has 2 aromatic heterocycles. The lowest BCUT2D eigenvalue weighted by Crippen LogP contribution is -2.27. The Kier molecular flexibility index (Phi) is 4.67. The van der Waals surface area contributed by atoms with E-state index in [-0.39, 0.29) is 0 Å². The molecule has 6 heteroatoms. The zero-order valence-corrected chi connectivity index (χ0v) is 15.5. The predicted molar refractivity (Wildman–Crippen MR) is 98.2 cm³/mol. The van der Waals surface area contributed by atoms with Crippen LogP contribution in [0.5, 0.6) is 5.75 Å². The summed E-state index contributed by atoms with van der Waals surface area (Å²) in [6.07, 6.45) is 0.664. The number of ether oxygens (including phenoxy) is 2. The zero-order chi connectivity index (χ0) is 18.2. The molecule has 134 valence electrons. The van der Waals surface area contributed by atoms with Crippen LogP contribution >= 0.6 is 0 Å². The Morgan fingerprint density at radius 2 is 1.96 bits per heavy atom. The third-order valence-corrected chi connectivity index (χ3v) is 4.21. The van der Waals surface area contributed by atoms with Crippen LogP contribution in [0, 0.1) is 6.92 Å². The lowest BCUT2D eigenvalue weighted by Gasteiger charge is -2.21. The molecule has 0 atom stereocenters. The molecule has 2 heterocycles. The van der Waals surface area contributed by atoms with Gasteiger partial charge >= 0.3 is 0 Å². The van der Waals surface area contributed by atoms with Gasteiger partial charge in [-0.05, 0) is 32.9 Å². The van der Waals surface area contributed by atoms with E-state index in [1.54, 1.807) is 28.1 Å². The van der Waals surface area contributed by atoms with Gasteiger partial charge in [0.05, 0.1) is 48.0 Å². The van der Waals surface area contributed by atoms with E-state index in [0.717, 1.165) is 39.2 Å². The van der Waals surface area contributed by atoms with Crippen LogP contribution in [0.15, 0.2) is 18.2 Å². The lowest BCUT2D eigenvalue weighted by atomic mass is 10.1. The minimum atomic E-state index is -0.874. The maximum Gasteiger partial charge on any atom is 0.130 e. The van der Waals surface area contributed by atoms with Gasteiger partial charge in [0.25, 0.3) is 0 Å². The van der Waals surface area contributed by atoms with Gasteiger partial charge in [0.2, 0.25) is 0 Å². The number of fused-ring (bicyclic) bond motifs is 3. The number of imidazole rings is 1. The average Bonchev–Trinajstić information content (AvgIpc) is 2.89. The van der Waals surface area contributed by atoms with E-state index in [4.69, 9.17) is 19.4 Å². The molecule has 1 N–H and O–H groups in total. The van der Waals surface area contributed by atoms with Crippen molar-refractivity contribution in [3.05, 3.63) is 29.7 Å². The summed E-state index contributed by atoms with van der Waals surface area (Å²) in [7, 11) is 3.33. The van der Waals surface area contributed by atoms with E-state index in [2.05, 4.69) is 4.57 Å². The summed E-state index contributed by atoms with van der Waals surface area (Å²) in [6.45, 7) is 6.55. The van der Waals surface area contributed by atoms with E-state index < -0.39 is 5.60 Å². The monoisotopic (exact) mass is 343 g/mol. The summed E-state index contributed by atoms with van der Waals surface area (Å²) in [5.74, 6) is 1.63. The quantitative estimate of drug-likeness (QED) is 0.745. The van der Waals surface area contributed by atoms with Gasteiger partial charge in [-0.15, -0.1) is 0 Å². The summed E-state index contributed by atoms with van der Waals surface area (Å²) >= 11 is 0. The number of aryl methyl sites for hydroxylation is 1. The van der Waals surface area contributed by atoms with Crippen LogP contribution < -0.4 is 4.74 Å². The molecule has 0 radical (unpaired) electrons. The van der Waals surface area contributed by atoms with Gasteiger partial charge < -0.3 is 19.1 Å². The van der Waals surface area contributed by atoms with Crippen molar-refractivity contribution in [1.82, 2.24) is 14.5 Å². The summed E-state index contributed by atoms with van der Waals surface area (Å²) in [5.41, 5.74) is 2.64. The Labute approximate surface area is 147 Å². The third-order valence-electron chi connectivity index (χ3n) is 4.21. The molecule has 3 rings (SSSR count). The minimum absolute atomic E-state index is 0.430. The molecule has 0 fully saturated rings. The molecule has 25 heavy (non-hydrogen) atoms. The summed E-state index contributed by atoms with van der Waals surface area (Å²) in [4.78, 5) is 9.51. The molecule has 0 aliphatic heterocycles. The number of hydrogen-bond donors (Lipinski definition) is 1. The second kappa shape index (κ2) is 6.61. The number of pyridine rings is 1. The van der Waals surface area contributed by atoms with Crippen molar-refractivity contribution < 1.29 is 14.6 Å². The fraction of sp³-hybridized carbons (Fsp3) is 0.474. The normalized spacial score (nSPS) is 12.2. The van der Waals surface area contributed by atoms with Gasteiger partial charge in [0, 0.05) is 13.5 Å². The van der Waals surface area contributed by atoms with Crippen LogP contribution in [-0.4, -0.2) is 46.1 Å². The van der Waals surface area contributed by atoms with Crippen molar-refractivity contribution >= 4 is 21.9 Å². The molecule has 0 saturated heterocycles. The van der Waals surface area contributed by atoms with E-state index in [1.807, 2.05) is 25.1 Å². The van der Waals surface area contributed by atoms with E-state index in [9.17, 15) is 5.11 Å². The topological polar surface area (TPSA) is 69.4 Å². The van der Waals surface area contributed by atoms with E-state index in [1.165, 1.54) is 0 Å². The number of aromatic nitrogens is 3. The predicted octanol–water partition coefficient (Wildman–Crippen LogP) is 2.86. The smallest absolute Gasteiger partial charge is 0.130 e. The number of aliphatic hydroxyl groups is 1. The van der Waals surface area contributed by atoms with Crippen LogP contribution in [0.1, 0.15) is 25.4 Å². The third kappa shape index (κ3) is 3.32. The molecule has 0 bridgehead atoms. The first kappa shape index (κ1) is 17.6. The maximum atomic E-state index is 10.4. The number of rotatable bonds is 6. The van der Waals surface area contributed by atoms with Crippen molar-refractivity contribution in [3.63, 3.8) is 0 Å². The number of nitrogens with zero attached hydrogens (tertiary/aromatic N) is 3. The van der Waals surface area contributed by atoms with Gasteiger partial charge in [-0.2, -0.15) is 0 Å². The Hall–Kier alpha value is -2.18. The number of hydrogen-bond acceptors (Lipinski definition) is 5. The average molecular weight is 343 g/mol. The van der Waals surface area contributed by atoms with Crippen molar-refractivity contribution in [2.24, 2.45) is 0 Å². The standard InChI is InChI=1S/C19H25N3O3/c1-12-17-18(16-13(20-12)7-6-8-14(16)25-5)22(11-19(2,3)23)15(21-17)9-10-24-4/h6-8,23H,9-11H2,1-5H3. The SMILES string of the molecule is COCCc1nc2c(C)nc3cccc(OC)c3c2n1CC(C)(C)O. The summed E-state index contributed by atoms with van der Waals surface area (Å²) in [5, 5.41) is 11.4. The van der Waals surface area contributed by atoms with Crippen molar-refractivity contribution in [3.8, 4) is 5.75 Å². The molecule has 0 saturated carbocycles. The Morgan fingerprint density at radius 1 is 1.20 bits per heavy atom. The zero-order valence-electron chi connectivity index (χ0n) is 15.5. The van der Waals surface area contributed by atoms with Gasteiger partial charge in [-0.25, -0.2) is 4.98 Å². The molecule has 1 aromatic carbocycles. The molecule has 0 aliphatic carbocycles. The summed E-state index contributed by atoms with van der Waals surface area (Å²) in [6, 6.07) is 5.83. The van der Waals surface area contributed by atoms with Crippen LogP contribution in [0.25, 0.3) is 21.9 Å². The van der Waals surface area contributed by atoms with Crippen molar-refractivity contribution in [1.29, 1.82) is 0 Å².